The fraction of sp³-hybridized carbons (Fsp3) is 0.800. The molecule has 0 N–H and O–H groups in total. The van der Waals surface area contributed by atoms with E-state index in [4.69, 9.17) is 11.6 Å². The van der Waals surface area contributed by atoms with E-state index >= 15 is 0 Å². The monoisotopic (exact) mass is 149 g/mol. The smallest absolute Gasteiger partial charge is 0.114 e. The van der Waals surface area contributed by atoms with Crippen molar-refractivity contribution in [1.82, 2.24) is 0 Å². The SMILES string of the molecule is ClCN=C1CCCS1. The predicted molar refractivity (Wildman–Crippen MR) is 39.8 cm³/mol. The summed E-state index contributed by atoms with van der Waals surface area (Å²) in [5.74, 6) is 1.23. The van der Waals surface area contributed by atoms with Crippen LogP contribution in [0.3, 0.4) is 0 Å². The summed E-state index contributed by atoms with van der Waals surface area (Å²) in [4.78, 5) is 4.07. The summed E-state index contributed by atoms with van der Waals surface area (Å²) in [6, 6.07) is 0.433. The Bertz CT molecular complexity index is 94.6. The van der Waals surface area contributed by atoms with Crippen LogP contribution in [-0.4, -0.2) is 16.8 Å². The van der Waals surface area contributed by atoms with E-state index in [1.807, 2.05) is 11.8 Å². The Hall–Kier alpha value is 0.310. The molecule has 1 rings (SSSR count). The fourth-order valence-corrected chi connectivity index (χ4v) is 1.86. The lowest BCUT2D eigenvalue weighted by Gasteiger charge is -1.87. The lowest BCUT2D eigenvalue weighted by Crippen LogP contribution is -1.81. The quantitative estimate of drug-likeness (QED) is 0.411. The van der Waals surface area contributed by atoms with Gasteiger partial charge in [-0.25, -0.2) is 0 Å². The number of hydrogen-bond acceptors (Lipinski definition) is 2. The molecule has 8 heavy (non-hydrogen) atoms. The maximum Gasteiger partial charge on any atom is 0.114 e. The lowest BCUT2D eigenvalue weighted by molar-refractivity contribution is 1.04. The van der Waals surface area contributed by atoms with Crippen LogP contribution in [0.15, 0.2) is 4.99 Å². The van der Waals surface area contributed by atoms with Crippen molar-refractivity contribution in [3.05, 3.63) is 0 Å². The Morgan fingerprint density at radius 2 is 2.62 bits per heavy atom. The van der Waals surface area contributed by atoms with E-state index in [1.54, 1.807) is 0 Å². The lowest BCUT2D eigenvalue weighted by atomic mass is 10.4. The van der Waals surface area contributed by atoms with Crippen molar-refractivity contribution >= 4 is 28.4 Å². The summed E-state index contributed by atoms with van der Waals surface area (Å²) in [5, 5.41) is 1.24. The third kappa shape index (κ3) is 1.67. The molecular formula is C5H8ClNS. The highest BCUT2D eigenvalue weighted by Gasteiger charge is 2.06. The summed E-state index contributed by atoms with van der Waals surface area (Å²) in [6.07, 6.45) is 2.43. The molecule has 0 bridgehead atoms. The zero-order valence-electron chi connectivity index (χ0n) is 4.56. The number of thioether (sulfide) groups is 1. The van der Waals surface area contributed by atoms with Crippen LogP contribution in [0.5, 0.6) is 0 Å². The molecule has 1 fully saturated rings. The van der Waals surface area contributed by atoms with Gasteiger partial charge >= 0.3 is 0 Å². The highest BCUT2D eigenvalue weighted by Crippen LogP contribution is 2.20. The highest BCUT2D eigenvalue weighted by molar-refractivity contribution is 8.14. The molecular weight excluding hydrogens is 142 g/mol. The van der Waals surface area contributed by atoms with E-state index in [2.05, 4.69) is 4.99 Å². The molecule has 1 aliphatic rings. The van der Waals surface area contributed by atoms with Crippen LogP contribution in [0.1, 0.15) is 12.8 Å². The Morgan fingerprint density at radius 3 is 3.12 bits per heavy atom. The molecule has 0 aromatic heterocycles. The molecule has 0 spiro atoms. The minimum Gasteiger partial charge on any atom is -0.267 e. The van der Waals surface area contributed by atoms with Gasteiger partial charge in [-0.1, -0.05) is 0 Å². The van der Waals surface area contributed by atoms with E-state index in [0.717, 1.165) is 6.42 Å². The molecule has 0 amide bonds. The summed E-state index contributed by atoms with van der Waals surface area (Å²) in [7, 11) is 0. The predicted octanol–water partition coefficient (Wildman–Crippen LogP) is 2.11. The summed E-state index contributed by atoms with van der Waals surface area (Å²) < 4.78 is 0. The van der Waals surface area contributed by atoms with Crippen molar-refractivity contribution in [3.63, 3.8) is 0 Å². The van der Waals surface area contributed by atoms with Gasteiger partial charge in [-0.15, -0.1) is 23.4 Å². The normalized spacial score (nSPS) is 24.9. The largest absolute Gasteiger partial charge is 0.267 e. The molecule has 0 saturated carbocycles. The molecule has 0 unspecified atom stereocenters. The standard InChI is InChI=1S/C5H8ClNS/c6-4-7-5-2-1-3-8-5/h1-4H2. The summed E-state index contributed by atoms with van der Waals surface area (Å²) in [5.41, 5.74) is 0. The number of hydrogen-bond donors (Lipinski definition) is 0. The van der Waals surface area contributed by atoms with E-state index < -0.39 is 0 Å². The van der Waals surface area contributed by atoms with Gasteiger partial charge in [-0.05, 0) is 18.6 Å². The van der Waals surface area contributed by atoms with Crippen molar-refractivity contribution in [2.75, 3.05) is 11.8 Å². The molecule has 0 atom stereocenters. The fourth-order valence-electron chi connectivity index (χ4n) is 0.677. The third-order valence-electron chi connectivity index (χ3n) is 1.04. The first-order chi connectivity index (χ1) is 3.93. The van der Waals surface area contributed by atoms with Crippen LogP contribution >= 0.6 is 23.4 Å². The van der Waals surface area contributed by atoms with Gasteiger partial charge in [0.05, 0.1) is 5.04 Å². The Kier molecular flexibility index (Phi) is 2.70. The van der Waals surface area contributed by atoms with Gasteiger partial charge in [-0.3, -0.25) is 4.99 Å². The minimum atomic E-state index is 0.433. The van der Waals surface area contributed by atoms with Crippen LogP contribution in [0.4, 0.5) is 0 Å². The first-order valence-electron chi connectivity index (χ1n) is 2.65. The molecule has 0 aliphatic carbocycles. The van der Waals surface area contributed by atoms with Gasteiger partial charge in [0, 0.05) is 0 Å². The first-order valence-corrected chi connectivity index (χ1v) is 4.17. The number of rotatable bonds is 1. The van der Waals surface area contributed by atoms with Crippen molar-refractivity contribution in [2.24, 2.45) is 4.99 Å². The van der Waals surface area contributed by atoms with Crippen molar-refractivity contribution in [1.29, 1.82) is 0 Å². The second-order valence-electron chi connectivity index (χ2n) is 1.62. The van der Waals surface area contributed by atoms with Crippen LogP contribution in [0.25, 0.3) is 0 Å². The molecule has 1 nitrogen and oxygen atoms in total. The molecule has 46 valence electrons. The van der Waals surface area contributed by atoms with Crippen molar-refractivity contribution < 1.29 is 0 Å². The van der Waals surface area contributed by atoms with E-state index in [1.165, 1.54) is 17.2 Å². The van der Waals surface area contributed by atoms with Gasteiger partial charge in [-0.2, -0.15) is 0 Å². The number of halogens is 1. The van der Waals surface area contributed by atoms with Gasteiger partial charge in [0.2, 0.25) is 0 Å². The maximum atomic E-state index is 5.38. The highest BCUT2D eigenvalue weighted by atomic mass is 35.5. The van der Waals surface area contributed by atoms with Gasteiger partial charge in [0.15, 0.2) is 0 Å². The minimum absolute atomic E-state index is 0.433. The Morgan fingerprint density at radius 1 is 1.75 bits per heavy atom. The average molecular weight is 150 g/mol. The Balaban J connectivity index is 2.33. The van der Waals surface area contributed by atoms with Crippen LogP contribution in [0.2, 0.25) is 0 Å². The van der Waals surface area contributed by atoms with Crippen LogP contribution in [-0.2, 0) is 0 Å². The van der Waals surface area contributed by atoms with Crippen molar-refractivity contribution in [3.8, 4) is 0 Å². The molecule has 0 radical (unpaired) electrons. The molecule has 1 heterocycles. The van der Waals surface area contributed by atoms with E-state index in [-0.39, 0.29) is 0 Å². The summed E-state index contributed by atoms with van der Waals surface area (Å²) >= 11 is 7.21. The molecule has 0 aromatic rings. The third-order valence-corrected chi connectivity index (χ3v) is 2.32. The average Bonchev–Trinajstić information content (AvgIpc) is 2.19. The maximum absolute atomic E-state index is 5.38. The first kappa shape index (κ1) is 6.43. The Labute approximate surface area is 58.5 Å². The molecule has 0 aromatic carbocycles. The summed E-state index contributed by atoms with van der Waals surface area (Å²) in [6.45, 7) is 0. The van der Waals surface area contributed by atoms with Gasteiger partial charge in [0.25, 0.3) is 0 Å². The van der Waals surface area contributed by atoms with E-state index in [0.29, 0.717) is 6.00 Å². The molecule has 3 heteroatoms. The second-order valence-corrected chi connectivity index (χ2v) is 3.03. The van der Waals surface area contributed by atoms with E-state index in [9.17, 15) is 0 Å². The number of alkyl halides is 1. The second kappa shape index (κ2) is 3.36. The van der Waals surface area contributed by atoms with Crippen LogP contribution < -0.4 is 0 Å². The van der Waals surface area contributed by atoms with Crippen LogP contribution in [0, 0.1) is 0 Å². The van der Waals surface area contributed by atoms with Gasteiger partial charge in [0.1, 0.15) is 6.00 Å². The number of nitrogens with zero attached hydrogens (tertiary/aromatic N) is 1. The molecule has 1 saturated heterocycles. The molecule has 1 aliphatic heterocycles. The van der Waals surface area contributed by atoms with Crippen molar-refractivity contribution in [2.45, 2.75) is 12.8 Å². The van der Waals surface area contributed by atoms with Gasteiger partial charge < -0.3 is 0 Å². The number of aliphatic imine (C=N–C) groups is 1. The topological polar surface area (TPSA) is 12.4 Å². The zero-order chi connectivity index (χ0) is 5.82. The zero-order valence-corrected chi connectivity index (χ0v) is 6.13.